The highest BCUT2D eigenvalue weighted by molar-refractivity contribution is 7.92. The number of nitrogens with zero attached hydrogens (tertiary/aromatic N) is 1. The Bertz CT molecular complexity index is 1300. The third kappa shape index (κ3) is 6.24. The van der Waals surface area contributed by atoms with Crippen LogP contribution in [0.3, 0.4) is 0 Å². The van der Waals surface area contributed by atoms with Gasteiger partial charge in [-0.25, -0.2) is 8.42 Å². The number of aryl methyl sites for hydroxylation is 1. The summed E-state index contributed by atoms with van der Waals surface area (Å²) in [5.41, 5.74) is 4.08. The van der Waals surface area contributed by atoms with Gasteiger partial charge in [-0.2, -0.15) is 0 Å². The average molecular weight is 513 g/mol. The van der Waals surface area contributed by atoms with Gasteiger partial charge >= 0.3 is 0 Å². The van der Waals surface area contributed by atoms with E-state index in [9.17, 15) is 13.2 Å². The third-order valence-electron chi connectivity index (χ3n) is 6.06. The molecule has 1 amide bonds. The van der Waals surface area contributed by atoms with Crippen LogP contribution in [-0.2, 0) is 20.2 Å². The van der Waals surface area contributed by atoms with Crippen molar-refractivity contribution in [1.29, 1.82) is 0 Å². The SMILES string of the molecule is Cc1ccc(S(=O)(=O)N(CC(=O)N[C@H](C)c2ccc(C(C)(C)C)cc2)c2cccc(Cl)c2C)cc1. The molecule has 0 aliphatic carbocycles. The fraction of sp³-hybridized carbons (Fsp3) is 0.321. The molecule has 0 fully saturated rings. The van der Waals surface area contributed by atoms with Crippen LogP contribution in [0.15, 0.2) is 71.6 Å². The summed E-state index contributed by atoms with van der Waals surface area (Å²) in [6.07, 6.45) is 0. The molecule has 0 bridgehead atoms. The Kier molecular flexibility index (Phi) is 7.97. The first-order valence-corrected chi connectivity index (χ1v) is 13.4. The summed E-state index contributed by atoms with van der Waals surface area (Å²) in [6, 6.07) is 19.4. The van der Waals surface area contributed by atoms with E-state index in [1.54, 1.807) is 49.4 Å². The van der Waals surface area contributed by atoms with E-state index in [4.69, 9.17) is 11.6 Å². The van der Waals surface area contributed by atoms with Crippen LogP contribution < -0.4 is 9.62 Å². The number of amides is 1. The summed E-state index contributed by atoms with van der Waals surface area (Å²) < 4.78 is 28.4. The predicted molar refractivity (Wildman–Crippen MR) is 144 cm³/mol. The lowest BCUT2D eigenvalue weighted by molar-refractivity contribution is -0.120. The maximum absolute atomic E-state index is 13.6. The van der Waals surface area contributed by atoms with E-state index in [0.717, 1.165) is 15.4 Å². The van der Waals surface area contributed by atoms with Crippen molar-refractivity contribution >= 4 is 33.2 Å². The molecule has 0 saturated heterocycles. The molecule has 7 heteroatoms. The van der Waals surface area contributed by atoms with Crippen molar-refractivity contribution in [2.45, 2.75) is 57.9 Å². The number of sulfonamides is 1. The molecule has 3 aromatic rings. The third-order valence-corrected chi connectivity index (χ3v) is 8.24. The molecular formula is C28H33ClN2O3S. The van der Waals surface area contributed by atoms with Crippen molar-refractivity contribution in [3.05, 3.63) is 94.0 Å². The number of rotatable bonds is 7. The summed E-state index contributed by atoms with van der Waals surface area (Å²) in [7, 11) is -4.01. The number of carbonyl (C=O) groups excluding carboxylic acids is 1. The zero-order valence-corrected chi connectivity index (χ0v) is 22.7. The van der Waals surface area contributed by atoms with Gasteiger partial charge in [0.1, 0.15) is 6.54 Å². The molecule has 0 radical (unpaired) electrons. The van der Waals surface area contributed by atoms with E-state index in [-0.39, 0.29) is 22.9 Å². The number of carbonyl (C=O) groups is 1. The number of halogens is 1. The summed E-state index contributed by atoms with van der Waals surface area (Å²) in [6.45, 7) is 11.6. The second-order valence-electron chi connectivity index (χ2n) is 9.87. The molecule has 1 atom stereocenters. The monoisotopic (exact) mass is 512 g/mol. The van der Waals surface area contributed by atoms with Crippen LogP contribution in [-0.4, -0.2) is 20.9 Å². The maximum atomic E-state index is 13.6. The molecule has 3 aromatic carbocycles. The number of nitrogens with one attached hydrogen (secondary N) is 1. The average Bonchev–Trinajstić information content (AvgIpc) is 2.79. The first kappa shape index (κ1) is 26.8. The van der Waals surface area contributed by atoms with Crippen LogP contribution in [0.1, 0.15) is 56.0 Å². The Morgan fingerprint density at radius 1 is 0.971 bits per heavy atom. The minimum Gasteiger partial charge on any atom is -0.348 e. The van der Waals surface area contributed by atoms with Gasteiger partial charge in [0.05, 0.1) is 16.6 Å². The molecule has 0 heterocycles. The lowest BCUT2D eigenvalue weighted by Crippen LogP contribution is -2.42. The predicted octanol–water partition coefficient (Wildman–Crippen LogP) is 6.33. The standard InChI is InChI=1S/C28H33ClN2O3S/c1-19-10-16-24(17-11-19)35(33,34)31(26-9-7-8-25(29)20(26)2)18-27(32)30-21(3)22-12-14-23(15-13-22)28(4,5)6/h7-17,21H,18H2,1-6H3,(H,30,32)/t21-/m1/s1. The van der Waals surface area contributed by atoms with Gasteiger partial charge in [-0.3, -0.25) is 9.10 Å². The van der Waals surface area contributed by atoms with Crippen LogP contribution in [0.2, 0.25) is 5.02 Å². The second kappa shape index (κ2) is 10.4. The van der Waals surface area contributed by atoms with Gasteiger partial charge in [0.2, 0.25) is 5.91 Å². The van der Waals surface area contributed by atoms with Crippen molar-refractivity contribution in [2.75, 3.05) is 10.8 Å². The molecule has 0 aliphatic heterocycles. The zero-order chi connectivity index (χ0) is 26.0. The van der Waals surface area contributed by atoms with Gasteiger partial charge in [0.15, 0.2) is 0 Å². The summed E-state index contributed by atoms with van der Waals surface area (Å²) in [5, 5.41) is 3.37. The van der Waals surface area contributed by atoms with Crippen molar-refractivity contribution in [3.8, 4) is 0 Å². The highest BCUT2D eigenvalue weighted by atomic mass is 35.5. The number of benzene rings is 3. The molecule has 0 spiro atoms. The number of hydrogen-bond donors (Lipinski definition) is 1. The van der Waals surface area contributed by atoms with Gasteiger partial charge < -0.3 is 5.32 Å². The maximum Gasteiger partial charge on any atom is 0.264 e. The smallest absolute Gasteiger partial charge is 0.264 e. The minimum absolute atomic E-state index is 0.0324. The highest BCUT2D eigenvalue weighted by Gasteiger charge is 2.29. The van der Waals surface area contributed by atoms with E-state index in [2.05, 4.69) is 38.2 Å². The molecule has 0 aliphatic rings. The Balaban J connectivity index is 1.89. The Hall–Kier alpha value is -2.83. The van der Waals surface area contributed by atoms with Gasteiger partial charge in [0.25, 0.3) is 10.0 Å². The van der Waals surface area contributed by atoms with E-state index in [1.807, 2.05) is 26.0 Å². The van der Waals surface area contributed by atoms with Crippen LogP contribution in [0.4, 0.5) is 5.69 Å². The van der Waals surface area contributed by atoms with E-state index in [0.29, 0.717) is 16.3 Å². The fourth-order valence-electron chi connectivity index (χ4n) is 3.78. The van der Waals surface area contributed by atoms with Crippen molar-refractivity contribution in [3.63, 3.8) is 0 Å². The first-order valence-electron chi connectivity index (χ1n) is 11.5. The van der Waals surface area contributed by atoms with Gasteiger partial charge in [0, 0.05) is 5.02 Å². The minimum atomic E-state index is -4.01. The molecule has 5 nitrogen and oxygen atoms in total. The second-order valence-corrected chi connectivity index (χ2v) is 12.1. The summed E-state index contributed by atoms with van der Waals surface area (Å²) >= 11 is 6.30. The molecule has 0 aromatic heterocycles. The quantitative estimate of drug-likeness (QED) is 0.402. The van der Waals surface area contributed by atoms with Gasteiger partial charge in [-0.05, 0) is 67.1 Å². The molecule has 35 heavy (non-hydrogen) atoms. The Labute approximate surface area is 214 Å². The lowest BCUT2D eigenvalue weighted by Gasteiger charge is -2.27. The summed E-state index contributed by atoms with van der Waals surface area (Å²) in [4.78, 5) is 13.2. The lowest BCUT2D eigenvalue weighted by atomic mass is 9.86. The topological polar surface area (TPSA) is 66.5 Å². The van der Waals surface area contributed by atoms with Crippen LogP contribution in [0, 0.1) is 13.8 Å². The van der Waals surface area contributed by atoms with E-state index < -0.39 is 15.9 Å². The van der Waals surface area contributed by atoms with Crippen molar-refractivity contribution < 1.29 is 13.2 Å². The molecule has 0 saturated carbocycles. The molecule has 1 N–H and O–H groups in total. The molecule has 186 valence electrons. The highest BCUT2D eigenvalue weighted by Crippen LogP contribution is 2.31. The van der Waals surface area contributed by atoms with Crippen molar-refractivity contribution in [2.24, 2.45) is 0 Å². The number of hydrogen-bond acceptors (Lipinski definition) is 3. The van der Waals surface area contributed by atoms with Crippen LogP contribution in [0.5, 0.6) is 0 Å². The zero-order valence-electron chi connectivity index (χ0n) is 21.1. The fourth-order valence-corrected chi connectivity index (χ4v) is 5.42. The molecule has 0 unspecified atom stereocenters. The van der Waals surface area contributed by atoms with E-state index in [1.165, 1.54) is 5.56 Å². The summed E-state index contributed by atoms with van der Waals surface area (Å²) in [5.74, 6) is -0.410. The first-order chi connectivity index (χ1) is 16.3. The Morgan fingerprint density at radius 2 is 1.57 bits per heavy atom. The molecule has 3 rings (SSSR count). The van der Waals surface area contributed by atoms with Gasteiger partial charge in [-0.1, -0.05) is 80.4 Å². The van der Waals surface area contributed by atoms with Crippen LogP contribution in [0.25, 0.3) is 0 Å². The van der Waals surface area contributed by atoms with Gasteiger partial charge in [-0.15, -0.1) is 0 Å². The Morgan fingerprint density at radius 3 is 2.14 bits per heavy atom. The van der Waals surface area contributed by atoms with Crippen LogP contribution >= 0.6 is 11.6 Å². The van der Waals surface area contributed by atoms with Crippen molar-refractivity contribution in [1.82, 2.24) is 5.32 Å². The number of anilines is 1. The molecular weight excluding hydrogens is 480 g/mol. The largest absolute Gasteiger partial charge is 0.348 e. The normalized spacial score (nSPS) is 12.8. The van der Waals surface area contributed by atoms with E-state index >= 15 is 0 Å².